The van der Waals surface area contributed by atoms with E-state index in [4.69, 9.17) is 6.90 Å². The first-order valence-corrected chi connectivity index (χ1v) is 1.22. The summed E-state index contributed by atoms with van der Waals surface area (Å²) in [5.41, 5.74) is 7.57. The molecule has 0 aliphatic heterocycles. The van der Waals surface area contributed by atoms with Crippen LogP contribution >= 0.6 is 0 Å². The number of azide groups is 1. The lowest BCUT2D eigenvalue weighted by Gasteiger charge is -1.57. The molecule has 28 valence electrons. The number of rotatable bonds is 1. The molecule has 0 N–H and O–H groups in total. The highest BCUT2D eigenvalue weighted by Gasteiger charge is 1.51. The molecule has 0 saturated heterocycles. The van der Waals surface area contributed by atoms with E-state index >= 15 is 0 Å². The Morgan fingerprint density at radius 2 is 3.20 bits per heavy atom. The molecule has 5 heavy (non-hydrogen) atoms. The lowest BCUT2D eigenvalue weighted by Crippen LogP contribution is -1.52. The molecule has 0 fully saturated rings. The summed E-state index contributed by atoms with van der Waals surface area (Å²) in [4.78, 5) is 2.43. The molecule has 3 nitrogen and oxygen atoms in total. The van der Waals surface area contributed by atoms with Crippen LogP contribution in [-0.4, -0.2) is 6.54 Å². The van der Waals surface area contributed by atoms with Crippen LogP contribution in [-0.2, 0) is 0 Å². The first-order chi connectivity index (χ1) is 2.91. The molecule has 0 aliphatic rings. The molecule has 0 atom stereocenters. The lowest BCUT2D eigenvalue weighted by atomic mass is 10.8. The molecule has 0 saturated carbocycles. The van der Waals surface area contributed by atoms with Gasteiger partial charge in [-0.05, 0) is 5.53 Å². The van der Waals surface area contributed by atoms with E-state index < -0.39 is 0 Å². The fraction of sp³-hybridized carbons (Fsp3) is 1.00. The summed E-state index contributed by atoms with van der Waals surface area (Å²) in [6, 6.07) is 0. The molecule has 0 aromatic heterocycles. The van der Waals surface area contributed by atoms with E-state index in [9.17, 15) is 0 Å². The summed E-state index contributed by atoms with van der Waals surface area (Å²) in [6.45, 7) is 0.473. The molecule has 0 aliphatic carbocycles. The maximum atomic E-state index is 7.57. The Labute approximate surface area is 31.6 Å². The predicted octanol–water partition coefficient (Wildman–Crippen LogP) is 1.32. The number of nitrogens with zero attached hydrogens (tertiary/aromatic N) is 3. The minimum Gasteiger partial charge on any atom is -0.0943 e. The molecule has 0 amide bonds. The Morgan fingerprint density at radius 3 is 3.40 bits per heavy atom. The van der Waals surface area contributed by atoms with E-state index in [0.29, 0.717) is 0 Å². The summed E-state index contributed by atoms with van der Waals surface area (Å²) in [5, 5.41) is 3.08. The molecule has 0 unspecified atom stereocenters. The zero-order valence-corrected chi connectivity index (χ0v) is 2.76. The van der Waals surface area contributed by atoms with Gasteiger partial charge in [0, 0.05) is 12.8 Å². The van der Waals surface area contributed by atoms with Crippen molar-refractivity contribution in [2.45, 2.75) is 6.90 Å². The van der Waals surface area contributed by atoms with Gasteiger partial charge in [0.2, 0.25) is 0 Å². The zero-order chi connectivity index (χ0) is 4.83. The lowest BCUT2D eigenvalue weighted by molar-refractivity contribution is 1.11. The molecule has 0 aromatic rings. The van der Waals surface area contributed by atoms with E-state index in [0.717, 1.165) is 0 Å². The van der Waals surface area contributed by atoms with Crippen molar-refractivity contribution in [1.29, 1.82) is 0 Å². The van der Waals surface area contributed by atoms with Gasteiger partial charge >= 0.3 is 0 Å². The van der Waals surface area contributed by atoms with Crippen molar-refractivity contribution in [3.63, 3.8) is 0 Å². The Bertz CT molecular complexity index is 65.2. The summed E-state index contributed by atoms with van der Waals surface area (Å²) in [7, 11) is 0. The number of hydrogen-bond acceptors (Lipinski definition) is 1. The molecular weight excluding hydrogens is 66.0 g/mol. The normalized spacial score (nSPS) is 8.40. The highest BCUT2D eigenvalue weighted by atomic mass is 15.1. The third-order valence-corrected chi connectivity index (χ3v) is 0.163. The van der Waals surface area contributed by atoms with E-state index in [2.05, 4.69) is 10.0 Å². The molecule has 0 radical (unpaired) electrons. The fourth-order valence-electron chi connectivity index (χ4n) is 0.0447. The van der Waals surface area contributed by atoms with Crippen LogP contribution in [0.4, 0.5) is 0 Å². The van der Waals surface area contributed by atoms with E-state index in [-0.39, 0.29) is 13.4 Å². The van der Waals surface area contributed by atoms with Crippen LogP contribution in [0, 0.1) is 0 Å². The second-order valence-corrected chi connectivity index (χ2v) is 0.454. The highest BCUT2D eigenvalue weighted by Crippen LogP contribution is 1.61. The second kappa shape index (κ2) is 3.31. The summed E-state index contributed by atoms with van der Waals surface area (Å²) < 4.78 is 6.44. The van der Waals surface area contributed by atoms with Crippen molar-refractivity contribution in [2.75, 3.05) is 6.54 Å². The van der Waals surface area contributed by atoms with Crippen LogP contribution in [0.25, 0.3) is 10.4 Å². The van der Waals surface area contributed by atoms with Crippen molar-refractivity contribution in [3.8, 4) is 0 Å². The largest absolute Gasteiger partial charge is 0.0943 e. The van der Waals surface area contributed by atoms with Crippen molar-refractivity contribution in [3.05, 3.63) is 10.4 Å². The molecule has 0 aromatic carbocycles. The Morgan fingerprint density at radius 1 is 2.40 bits per heavy atom. The van der Waals surface area contributed by atoms with Crippen molar-refractivity contribution < 1.29 is 1.37 Å². The van der Waals surface area contributed by atoms with E-state index in [1.165, 1.54) is 0 Å². The highest BCUT2D eigenvalue weighted by molar-refractivity contribution is 4.36. The van der Waals surface area contributed by atoms with Gasteiger partial charge < -0.3 is 0 Å². The van der Waals surface area contributed by atoms with Gasteiger partial charge in [-0.15, -0.1) is 0 Å². The Kier molecular flexibility index (Phi) is 1.68. The molecule has 0 heterocycles. The summed E-state index contributed by atoms with van der Waals surface area (Å²) in [5.74, 6) is 0. The van der Waals surface area contributed by atoms with Gasteiger partial charge in [-0.1, -0.05) is 12.0 Å². The van der Waals surface area contributed by atoms with Gasteiger partial charge in [0.25, 0.3) is 0 Å². The third kappa shape index (κ3) is 3.31. The first kappa shape index (κ1) is 2.54. The van der Waals surface area contributed by atoms with Crippen LogP contribution in [0.15, 0.2) is 5.11 Å². The van der Waals surface area contributed by atoms with Gasteiger partial charge in [-0.25, -0.2) is 0 Å². The van der Waals surface area contributed by atoms with Gasteiger partial charge in [0.1, 0.15) is 0 Å². The third-order valence-electron chi connectivity index (χ3n) is 0.163. The minimum atomic E-state index is 0.185. The Balaban J connectivity index is 2.86. The van der Waals surface area contributed by atoms with Gasteiger partial charge in [0.15, 0.2) is 0 Å². The van der Waals surface area contributed by atoms with Crippen molar-refractivity contribution in [1.82, 2.24) is 0 Å². The standard InChI is InChI=1S/C2H5N3/c1-2-4-5-3/h2H2,1H3/i1D. The van der Waals surface area contributed by atoms with Crippen LogP contribution in [0.5, 0.6) is 0 Å². The molecule has 0 bridgehead atoms. The monoisotopic (exact) mass is 72.1 g/mol. The summed E-state index contributed by atoms with van der Waals surface area (Å²) >= 11 is 0. The minimum absolute atomic E-state index is 0.185. The Hall–Kier alpha value is -0.690. The first-order valence-electron chi connectivity index (χ1n) is 1.92. The molecule has 0 spiro atoms. The van der Waals surface area contributed by atoms with E-state index in [1.54, 1.807) is 0 Å². The maximum absolute atomic E-state index is 7.57. The zero-order valence-electron chi connectivity index (χ0n) is 3.76. The quantitative estimate of drug-likeness (QED) is 0.255. The SMILES string of the molecule is [2H]CCN=[N+]=[N-]. The molecular formula is C2H5N3. The fourth-order valence-corrected chi connectivity index (χ4v) is 0.0447. The average molecular weight is 72.1 g/mol. The smallest absolute Gasteiger partial charge is 0.0232 e. The summed E-state index contributed by atoms with van der Waals surface area (Å²) in [6.07, 6.45) is 0. The second-order valence-electron chi connectivity index (χ2n) is 0.454. The topological polar surface area (TPSA) is 48.8 Å². The van der Waals surface area contributed by atoms with Crippen LogP contribution in [0.1, 0.15) is 8.27 Å². The molecule has 3 heteroatoms. The van der Waals surface area contributed by atoms with Gasteiger partial charge in [0.05, 0.1) is 0 Å². The average Bonchev–Trinajstić information content (AvgIpc) is 1.61. The van der Waals surface area contributed by atoms with Gasteiger partial charge in [-0.2, -0.15) is 0 Å². The van der Waals surface area contributed by atoms with Crippen LogP contribution in [0.3, 0.4) is 0 Å². The van der Waals surface area contributed by atoms with Crippen molar-refractivity contribution in [2.24, 2.45) is 5.11 Å². The molecule has 0 rings (SSSR count). The maximum Gasteiger partial charge on any atom is 0.0232 e. The number of hydrogen-bond donors (Lipinski definition) is 0. The van der Waals surface area contributed by atoms with Crippen LogP contribution in [0.2, 0.25) is 0 Å². The van der Waals surface area contributed by atoms with Gasteiger partial charge in [-0.3, -0.25) is 0 Å². The predicted molar refractivity (Wildman–Crippen MR) is 19.7 cm³/mol. The van der Waals surface area contributed by atoms with Crippen LogP contribution < -0.4 is 0 Å². The van der Waals surface area contributed by atoms with E-state index in [1.807, 2.05) is 0 Å². The van der Waals surface area contributed by atoms with Crippen molar-refractivity contribution >= 4 is 0 Å².